The molecule has 122 valence electrons. The molecule has 0 aliphatic heterocycles. The number of hydrogen-bond acceptors (Lipinski definition) is 5. The van der Waals surface area contributed by atoms with Crippen LogP contribution in [0.2, 0.25) is 0 Å². The maximum Gasteiger partial charge on any atom is 0.358 e. The number of aromatic carboxylic acids is 1. The van der Waals surface area contributed by atoms with E-state index in [0.717, 1.165) is 0 Å². The van der Waals surface area contributed by atoms with E-state index < -0.39 is 21.6 Å². The number of aromatic nitrogens is 3. The molecule has 0 bridgehead atoms. The normalized spacial score (nSPS) is 11.3. The van der Waals surface area contributed by atoms with Gasteiger partial charge in [0.15, 0.2) is 15.5 Å². The number of benzene rings is 2. The minimum absolute atomic E-state index is 0.0116. The Balaban J connectivity index is 2.10. The number of nitrogens with zero attached hydrogens (tertiary/aromatic N) is 3. The van der Waals surface area contributed by atoms with Crippen molar-refractivity contribution in [2.24, 2.45) is 0 Å². The van der Waals surface area contributed by atoms with Gasteiger partial charge in [-0.15, -0.1) is 5.10 Å². The zero-order chi connectivity index (χ0) is 17.2. The molecule has 0 unspecified atom stereocenters. The van der Waals surface area contributed by atoms with E-state index in [1.165, 1.54) is 16.8 Å². The lowest BCUT2D eigenvalue weighted by atomic mass is 10.3. The molecular formula is C16H13N3O4S. The molecular weight excluding hydrogens is 330 g/mol. The van der Waals surface area contributed by atoms with Gasteiger partial charge < -0.3 is 5.11 Å². The fourth-order valence-electron chi connectivity index (χ4n) is 2.26. The Morgan fingerprint density at radius 3 is 2.17 bits per heavy atom. The van der Waals surface area contributed by atoms with Gasteiger partial charge in [0.25, 0.3) is 0 Å². The second-order valence-corrected chi connectivity index (χ2v) is 7.00. The second-order valence-electron chi connectivity index (χ2n) is 5.01. The molecule has 24 heavy (non-hydrogen) atoms. The van der Waals surface area contributed by atoms with E-state index >= 15 is 0 Å². The molecule has 2 aromatic carbocycles. The average molecular weight is 343 g/mol. The van der Waals surface area contributed by atoms with Crippen LogP contribution in [0, 0.1) is 0 Å². The topological polar surface area (TPSA) is 102 Å². The maximum atomic E-state index is 12.6. The number of carboxylic acid groups (broad SMARTS) is 1. The van der Waals surface area contributed by atoms with Gasteiger partial charge in [-0.1, -0.05) is 41.6 Å². The first-order chi connectivity index (χ1) is 11.5. The molecule has 1 heterocycles. The second kappa shape index (κ2) is 6.25. The van der Waals surface area contributed by atoms with Crippen molar-refractivity contribution in [1.29, 1.82) is 0 Å². The Kier molecular flexibility index (Phi) is 4.13. The SMILES string of the molecule is O=C(O)c1nnn(-c2ccccc2)c1CS(=O)(=O)c1ccccc1. The van der Waals surface area contributed by atoms with Gasteiger partial charge in [-0.3, -0.25) is 0 Å². The first kappa shape index (κ1) is 15.9. The zero-order valence-electron chi connectivity index (χ0n) is 12.4. The highest BCUT2D eigenvalue weighted by atomic mass is 32.2. The first-order valence-electron chi connectivity index (χ1n) is 7.00. The number of carboxylic acids is 1. The summed E-state index contributed by atoms with van der Waals surface area (Å²) in [5.74, 6) is -1.84. The van der Waals surface area contributed by atoms with Crippen LogP contribution in [0.4, 0.5) is 0 Å². The summed E-state index contributed by atoms with van der Waals surface area (Å²) in [5.41, 5.74) is 0.173. The van der Waals surface area contributed by atoms with Gasteiger partial charge in [0.1, 0.15) is 0 Å². The molecule has 0 aliphatic rings. The van der Waals surface area contributed by atoms with E-state index in [0.29, 0.717) is 5.69 Å². The van der Waals surface area contributed by atoms with Crippen LogP contribution in [0.3, 0.4) is 0 Å². The first-order valence-corrected chi connectivity index (χ1v) is 8.65. The summed E-state index contributed by atoms with van der Waals surface area (Å²) in [5, 5.41) is 16.7. The molecule has 3 aromatic rings. The van der Waals surface area contributed by atoms with Crippen molar-refractivity contribution in [2.75, 3.05) is 0 Å². The number of para-hydroxylation sites is 1. The fraction of sp³-hybridized carbons (Fsp3) is 0.0625. The van der Waals surface area contributed by atoms with Crippen molar-refractivity contribution in [3.63, 3.8) is 0 Å². The van der Waals surface area contributed by atoms with Crippen LogP contribution < -0.4 is 0 Å². The molecule has 8 heteroatoms. The van der Waals surface area contributed by atoms with Crippen LogP contribution in [0.1, 0.15) is 16.2 Å². The predicted molar refractivity (Wildman–Crippen MR) is 85.7 cm³/mol. The van der Waals surface area contributed by atoms with Gasteiger partial charge in [-0.2, -0.15) is 0 Å². The molecule has 1 N–H and O–H groups in total. The highest BCUT2D eigenvalue weighted by molar-refractivity contribution is 7.90. The number of carbonyl (C=O) groups is 1. The third-order valence-corrected chi connectivity index (χ3v) is 5.04. The predicted octanol–water partition coefficient (Wildman–Crippen LogP) is 1.94. The van der Waals surface area contributed by atoms with E-state index in [2.05, 4.69) is 10.3 Å². The summed E-state index contributed by atoms with van der Waals surface area (Å²) in [6.07, 6.45) is 0. The molecule has 0 amide bonds. The molecule has 0 fully saturated rings. The Morgan fingerprint density at radius 1 is 1.00 bits per heavy atom. The van der Waals surface area contributed by atoms with Gasteiger partial charge in [-0.05, 0) is 24.3 Å². The minimum Gasteiger partial charge on any atom is -0.476 e. The third kappa shape index (κ3) is 3.04. The van der Waals surface area contributed by atoms with Crippen molar-refractivity contribution >= 4 is 15.8 Å². The molecule has 0 aliphatic carbocycles. The standard InChI is InChI=1S/C16H13N3O4S/c20-16(21)15-14(11-24(22,23)13-9-5-2-6-10-13)19(18-17-15)12-7-3-1-4-8-12/h1-10H,11H2,(H,20,21). The van der Waals surface area contributed by atoms with Crippen LogP contribution in [0.25, 0.3) is 5.69 Å². The van der Waals surface area contributed by atoms with Crippen molar-refractivity contribution < 1.29 is 18.3 Å². The summed E-state index contributed by atoms with van der Waals surface area (Å²) in [7, 11) is -3.73. The molecule has 0 saturated heterocycles. The summed E-state index contributed by atoms with van der Waals surface area (Å²) >= 11 is 0. The summed E-state index contributed by atoms with van der Waals surface area (Å²) < 4.78 is 26.4. The maximum absolute atomic E-state index is 12.6. The largest absolute Gasteiger partial charge is 0.476 e. The lowest BCUT2D eigenvalue weighted by Crippen LogP contribution is -2.13. The Morgan fingerprint density at radius 2 is 1.58 bits per heavy atom. The quantitative estimate of drug-likeness (QED) is 0.759. The number of sulfone groups is 1. The molecule has 0 radical (unpaired) electrons. The van der Waals surface area contributed by atoms with Crippen LogP contribution in [0.15, 0.2) is 65.6 Å². The minimum atomic E-state index is -3.73. The molecule has 3 rings (SSSR count). The van der Waals surface area contributed by atoms with Gasteiger partial charge in [0.2, 0.25) is 0 Å². The lowest BCUT2D eigenvalue weighted by Gasteiger charge is -2.08. The molecule has 0 spiro atoms. The highest BCUT2D eigenvalue weighted by Crippen LogP contribution is 2.20. The lowest BCUT2D eigenvalue weighted by molar-refractivity contribution is 0.0689. The summed E-state index contributed by atoms with van der Waals surface area (Å²) in [6.45, 7) is 0. The monoisotopic (exact) mass is 343 g/mol. The molecule has 0 saturated carbocycles. The van der Waals surface area contributed by atoms with E-state index in [4.69, 9.17) is 0 Å². The fourth-order valence-corrected chi connectivity index (χ4v) is 3.62. The Hall–Kier alpha value is -3.00. The van der Waals surface area contributed by atoms with E-state index in [1.54, 1.807) is 48.5 Å². The highest BCUT2D eigenvalue weighted by Gasteiger charge is 2.26. The Labute approximate surface area is 138 Å². The van der Waals surface area contributed by atoms with E-state index in [9.17, 15) is 18.3 Å². The van der Waals surface area contributed by atoms with Crippen molar-refractivity contribution in [2.45, 2.75) is 10.6 Å². The van der Waals surface area contributed by atoms with Gasteiger partial charge in [-0.25, -0.2) is 17.9 Å². The molecule has 1 aromatic heterocycles. The van der Waals surface area contributed by atoms with Crippen LogP contribution >= 0.6 is 0 Å². The van der Waals surface area contributed by atoms with E-state index in [-0.39, 0.29) is 16.3 Å². The zero-order valence-corrected chi connectivity index (χ0v) is 13.2. The molecule has 0 atom stereocenters. The van der Waals surface area contributed by atoms with Crippen molar-refractivity contribution in [3.05, 3.63) is 72.1 Å². The third-order valence-electron chi connectivity index (χ3n) is 3.40. The molecule has 7 nitrogen and oxygen atoms in total. The smallest absolute Gasteiger partial charge is 0.358 e. The number of hydrogen-bond donors (Lipinski definition) is 1. The van der Waals surface area contributed by atoms with Crippen LogP contribution in [-0.2, 0) is 15.6 Å². The van der Waals surface area contributed by atoms with Crippen LogP contribution in [-0.4, -0.2) is 34.5 Å². The Bertz CT molecular complexity index is 967. The van der Waals surface area contributed by atoms with Gasteiger partial charge in [0.05, 0.1) is 22.0 Å². The average Bonchev–Trinajstić information content (AvgIpc) is 2.99. The summed E-state index contributed by atoms with van der Waals surface area (Å²) in [4.78, 5) is 11.5. The van der Waals surface area contributed by atoms with Gasteiger partial charge >= 0.3 is 5.97 Å². The number of rotatable bonds is 5. The van der Waals surface area contributed by atoms with Gasteiger partial charge in [0, 0.05) is 0 Å². The van der Waals surface area contributed by atoms with E-state index in [1.807, 2.05) is 0 Å². The summed E-state index contributed by atoms with van der Waals surface area (Å²) in [6, 6.07) is 16.5. The van der Waals surface area contributed by atoms with Crippen molar-refractivity contribution in [3.8, 4) is 5.69 Å². The van der Waals surface area contributed by atoms with Crippen molar-refractivity contribution in [1.82, 2.24) is 15.0 Å². The van der Waals surface area contributed by atoms with Crippen LogP contribution in [0.5, 0.6) is 0 Å².